The van der Waals surface area contributed by atoms with Gasteiger partial charge in [-0.3, -0.25) is 4.79 Å². The van der Waals surface area contributed by atoms with Crippen LogP contribution in [-0.4, -0.2) is 29.3 Å². The number of piperidine rings is 1. The zero-order valence-electron chi connectivity index (χ0n) is 8.71. The molecule has 2 rings (SSSR count). The Morgan fingerprint density at radius 3 is 2.93 bits per heavy atom. The van der Waals surface area contributed by atoms with E-state index in [0.717, 1.165) is 38.8 Å². The molecule has 0 aromatic heterocycles. The predicted octanol–water partition coefficient (Wildman–Crippen LogP) is 2.26. The summed E-state index contributed by atoms with van der Waals surface area (Å²) >= 11 is 6.06. The number of hydrogen-bond acceptors (Lipinski definition) is 1. The van der Waals surface area contributed by atoms with E-state index in [1.165, 1.54) is 0 Å². The molecule has 3 heteroatoms. The van der Waals surface area contributed by atoms with E-state index in [1.807, 2.05) is 4.90 Å². The first kappa shape index (κ1) is 10.3. The van der Waals surface area contributed by atoms with Crippen LogP contribution in [0.5, 0.6) is 0 Å². The van der Waals surface area contributed by atoms with Gasteiger partial charge in [0.25, 0.3) is 0 Å². The van der Waals surface area contributed by atoms with Crippen LogP contribution in [0.25, 0.3) is 0 Å². The zero-order valence-corrected chi connectivity index (χ0v) is 9.46. The van der Waals surface area contributed by atoms with Crippen LogP contribution < -0.4 is 0 Å². The Balaban J connectivity index is 1.85. The smallest absolute Gasteiger partial charge is 0.226 e. The van der Waals surface area contributed by atoms with E-state index in [4.69, 9.17) is 11.6 Å². The summed E-state index contributed by atoms with van der Waals surface area (Å²) in [5, 5.41) is 0.187. The lowest BCUT2D eigenvalue weighted by Crippen LogP contribution is -2.41. The normalized spacial score (nSPS) is 37.0. The van der Waals surface area contributed by atoms with Crippen LogP contribution >= 0.6 is 11.6 Å². The van der Waals surface area contributed by atoms with E-state index >= 15 is 0 Å². The lowest BCUT2D eigenvalue weighted by molar-refractivity contribution is -0.133. The van der Waals surface area contributed by atoms with Crippen molar-refractivity contribution in [2.24, 2.45) is 11.8 Å². The van der Waals surface area contributed by atoms with Gasteiger partial charge in [-0.1, -0.05) is 13.3 Å². The Hall–Kier alpha value is -0.240. The fourth-order valence-electron chi connectivity index (χ4n) is 2.36. The molecule has 1 aliphatic carbocycles. The Morgan fingerprint density at radius 2 is 2.36 bits per heavy atom. The molecule has 2 aliphatic rings. The second-order valence-electron chi connectivity index (χ2n) is 4.53. The van der Waals surface area contributed by atoms with Crippen molar-refractivity contribution in [3.63, 3.8) is 0 Å². The van der Waals surface area contributed by atoms with E-state index in [-0.39, 0.29) is 5.38 Å². The third-order valence-corrected chi connectivity index (χ3v) is 3.80. The molecule has 2 fully saturated rings. The molecule has 1 saturated carbocycles. The summed E-state index contributed by atoms with van der Waals surface area (Å²) in [6.07, 6.45) is 4.39. The van der Waals surface area contributed by atoms with Crippen molar-refractivity contribution in [3.05, 3.63) is 0 Å². The molecular formula is C11H18ClNO. The van der Waals surface area contributed by atoms with Crippen LogP contribution in [0, 0.1) is 11.8 Å². The lowest BCUT2D eigenvalue weighted by atomic mass is 10.1. The number of carbonyl (C=O) groups excluding carboxylic acids is 1. The summed E-state index contributed by atoms with van der Waals surface area (Å²) in [6.45, 7) is 3.86. The Morgan fingerprint density at radius 1 is 1.57 bits per heavy atom. The molecule has 1 aliphatic heterocycles. The van der Waals surface area contributed by atoms with Gasteiger partial charge in [0.05, 0.1) is 5.38 Å². The first-order valence-electron chi connectivity index (χ1n) is 5.65. The van der Waals surface area contributed by atoms with Gasteiger partial charge in [0.2, 0.25) is 5.91 Å². The molecule has 1 amide bonds. The number of carbonyl (C=O) groups is 1. The summed E-state index contributed by atoms with van der Waals surface area (Å²) in [5.74, 6) is 1.36. The second-order valence-corrected chi connectivity index (χ2v) is 5.15. The minimum atomic E-state index is 0.187. The zero-order chi connectivity index (χ0) is 10.1. The molecule has 0 radical (unpaired) electrons. The van der Waals surface area contributed by atoms with Gasteiger partial charge < -0.3 is 4.90 Å². The fourth-order valence-corrected chi connectivity index (χ4v) is 2.68. The maximum Gasteiger partial charge on any atom is 0.226 e. The van der Waals surface area contributed by atoms with Gasteiger partial charge in [0.15, 0.2) is 0 Å². The van der Waals surface area contributed by atoms with E-state index in [0.29, 0.717) is 17.7 Å². The van der Waals surface area contributed by atoms with Crippen molar-refractivity contribution in [2.45, 2.75) is 38.0 Å². The molecule has 80 valence electrons. The summed E-state index contributed by atoms with van der Waals surface area (Å²) < 4.78 is 0. The van der Waals surface area contributed by atoms with Crippen LogP contribution in [-0.2, 0) is 4.79 Å². The summed E-state index contributed by atoms with van der Waals surface area (Å²) in [5.41, 5.74) is 0. The molecule has 0 aromatic rings. The van der Waals surface area contributed by atoms with Crippen molar-refractivity contribution in [1.29, 1.82) is 0 Å². The number of amides is 1. The first-order chi connectivity index (χ1) is 6.72. The van der Waals surface area contributed by atoms with Gasteiger partial charge >= 0.3 is 0 Å². The highest BCUT2D eigenvalue weighted by molar-refractivity contribution is 6.20. The fraction of sp³-hybridized carbons (Fsp3) is 0.909. The minimum Gasteiger partial charge on any atom is -0.341 e. The number of rotatable bonds is 2. The Labute approximate surface area is 90.6 Å². The van der Waals surface area contributed by atoms with E-state index in [2.05, 4.69) is 6.92 Å². The predicted molar refractivity (Wildman–Crippen MR) is 57.3 cm³/mol. The molecule has 0 bridgehead atoms. The van der Waals surface area contributed by atoms with E-state index in [9.17, 15) is 4.79 Å². The number of alkyl halides is 1. The molecular weight excluding hydrogens is 198 g/mol. The molecule has 2 nitrogen and oxygen atoms in total. The van der Waals surface area contributed by atoms with Crippen molar-refractivity contribution in [1.82, 2.24) is 4.90 Å². The maximum absolute atomic E-state index is 11.9. The molecule has 14 heavy (non-hydrogen) atoms. The number of likely N-dealkylation sites (tertiary alicyclic amines) is 1. The summed E-state index contributed by atoms with van der Waals surface area (Å²) in [7, 11) is 0. The van der Waals surface area contributed by atoms with Crippen LogP contribution in [0.15, 0.2) is 0 Å². The maximum atomic E-state index is 11.9. The third-order valence-electron chi connectivity index (χ3n) is 3.44. The monoisotopic (exact) mass is 215 g/mol. The van der Waals surface area contributed by atoms with Crippen molar-refractivity contribution < 1.29 is 4.79 Å². The van der Waals surface area contributed by atoms with Crippen LogP contribution in [0.3, 0.4) is 0 Å². The van der Waals surface area contributed by atoms with Crippen molar-refractivity contribution in [3.8, 4) is 0 Å². The van der Waals surface area contributed by atoms with Gasteiger partial charge in [-0.15, -0.1) is 11.6 Å². The van der Waals surface area contributed by atoms with Gasteiger partial charge in [-0.05, 0) is 25.2 Å². The Kier molecular flexibility index (Phi) is 3.01. The van der Waals surface area contributed by atoms with Gasteiger partial charge in [0.1, 0.15) is 0 Å². The van der Waals surface area contributed by atoms with Gasteiger partial charge in [-0.2, -0.15) is 0 Å². The van der Waals surface area contributed by atoms with Gasteiger partial charge in [0, 0.05) is 19.0 Å². The average molecular weight is 216 g/mol. The average Bonchev–Trinajstić information content (AvgIpc) is 2.95. The molecule has 1 heterocycles. The SMILES string of the molecule is CC[C@@H]1C[C@H]1C(=O)N1CCCC(Cl)C1. The second kappa shape index (κ2) is 4.09. The molecule has 1 unspecified atom stereocenters. The highest BCUT2D eigenvalue weighted by Crippen LogP contribution is 2.42. The molecule has 0 spiro atoms. The summed E-state index contributed by atoms with van der Waals surface area (Å²) in [6, 6.07) is 0. The highest BCUT2D eigenvalue weighted by Gasteiger charge is 2.43. The lowest BCUT2D eigenvalue weighted by Gasteiger charge is -2.30. The van der Waals surface area contributed by atoms with E-state index in [1.54, 1.807) is 0 Å². The quantitative estimate of drug-likeness (QED) is 0.648. The van der Waals surface area contributed by atoms with Crippen LogP contribution in [0.4, 0.5) is 0 Å². The van der Waals surface area contributed by atoms with Gasteiger partial charge in [-0.25, -0.2) is 0 Å². The summed E-state index contributed by atoms with van der Waals surface area (Å²) in [4.78, 5) is 13.9. The standard InChI is InChI=1S/C11H18ClNO/c1-2-8-6-10(8)11(14)13-5-3-4-9(12)7-13/h8-10H,2-7H2,1H3/t8-,9?,10-/m1/s1. The van der Waals surface area contributed by atoms with Crippen molar-refractivity contribution in [2.75, 3.05) is 13.1 Å². The molecule has 0 aromatic carbocycles. The molecule has 1 saturated heterocycles. The molecule has 0 N–H and O–H groups in total. The first-order valence-corrected chi connectivity index (χ1v) is 6.09. The van der Waals surface area contributed by atoms with Crippen LogP contribution in [0.1, 0.15) is 32.6 Å². The van der Waals surface area contributed by atoms with E-state index < -0.39 is 0 Å². The minimum absolute atomic E-state index is 0.187. The largest absolute Gasteiger partial charge is 0.341 e. The topological polar surface area (TPSA) is 20.3 Å². The molecule has 3 atom stereocenters. The van der Waals surface area contributed by atoms with Crippen LogP contribution in [0.2, 0.25) is 0 Å². The van der Waals surface area contributed by atoms with Crippen molar-refractivity contribution >= 4 is 17.5 Å². The third kappa shape index (κ3) is 2.05. The number of nitrogens with zero attached hydrogens (tertiary/aromatic N) is 1. The number of hydrogen-bond donors (Lipinski definition) is 0. The highest BCUT2D eigenvalue weighted by atomic mass is 35.5. The number of halogens is 1. The Bertz CT molecular complexity index is 231.